The van der Waals surface area contributed by atoms with Gasteiger partial charge in [-0.15, -0.1) is 12.6 Å². The highest BCUT2D eigenvalue weighted by molar-refractivity contribution is 7.80. The third kappa shape index (κ3) is 1.47. The van der Waals surface area contributed by atoms with Crippen molar-refractivity contribution < 1.29 is 4.79 Å². The van der Waals surface area contributed by atoms with Crippen LogP contribution in [0, 0.1) is 0 Å². The average Bonchev–Trinajstić information content (AvgIpc) is 2.46. The third-order valence-corrected chi connectivity index (χ3v) is 2.26. The lowest BCUT2D eigenvalue weighted by Crippen LogP contribution is -1.89. The smallest absolute Gasteiger partial charge is 0.175 e. The zero-order chi connectivity index (χ0) is 9.42. The van der Waals surface area contributed by atoms with E-state index in [0.29, 0.717) is 5.69 Å². The van der Waals surface area contributed by atoms with E-state index in [1.54, 1.807) is 6.92 Å². The standard InChI is InChI=1S/C10H9NOS/c1-6(12)10-5-7-4-8(13)2-3-9(7)11-10/h2-5,11,13H,1H3. The van der Waals surface area contributed by atoms with Crippen LogP contribution in [0.25, 0.3) is 10.9 Å². The molecule has 66 valence electrons. The number of rotatable bonds is 1. The molecule has 0 aliphatic rings. The van der Waals surface area contributed by atoms with E-state index in [1.165, 1.54) is 0 Å². The Hall–Kier alpha value is -1.22. The van der Waals surface area contributed by atoms with Crippen LogP contribution in [0.5, 0.6) is 0 Å². The van der Waals surface area contributed by atoms with E-state index >= 15 is 0 Å². The van der Waals surface area contributed by atoms with Gasteiger partial charge in [-0.25, -0.2) is 0 Å². The largest absolute Gasteiger partial charge is 0.352 e. The number of ketones is 1. The van der Waals surface area contributed by atoms with Gasteiger partial charge in [0.25, 0.3) is 0 Å². The number of thiol groups is 1. The number of carbonyl (C=O) groups excluding carboxylic acids is 1. The van der Waals surface area contributed by atoms with Crippen LogP contribution in [0.15, 0.2) is 29.2 Å². The molecule has 2 rings (SSSR count). The SMILES string of the molecule is CC(=O)c1cc2cc(S)ccc2[nH]1. The highest BCUT2D eigenvalue weighted by Gasteiger charge is 2.03. The Balaban J connectivity index is 2.68. The lowest BCUT2D eigenvalue weighted by atomic mass is 10.2. The lowest BCUT2D eigenvalue weighted by molar-refractivity contribution is 0.101. The Bertz CT molecular complexity index is 473. The average molecular weight is 191 g/mol. The van der Waals surface area contributed by atoms with Crippen molar-refractivity contribution in [1.29, 1.82) is 0 Å². The molecule has 0 bridgehead atoms. The van der Waals surface area contributed by atoms with Gasteiger partial charge in [-0.1, -0.05) is 0 Å². The summed E-state index contributed by atoms with van der Waals surface area (Å²) in [7, 11) is 0. The van der Waals surface area contributed by atoms with Crippen molar-refractivity contribution in [2.45, 2.75) is 11.8 Å². The zero-order valence-electron chi connectivity index (χ0n) is 7.16. The third-order valence-electron chi connectivity index (χ3n) is 1.98. The van der Waals surface area contributed by atoms with E-state index in [2.05, 4.69) is 17.6 Å². The van der Waals surface area contributed by atoms with Gasteiger partial charge in [-0.05, 0) is 24.3 Å². The Labute approximate surface area is 81.4 Å². The molecule has 1 aromatic heterocycles. The number of aromatic nitrogens is 1. The molecule has 0 aliphatic heterocycles. The van der Waals surface area contributed by atoms with Crippen LogP contribution < -0.4 is 0 Å². The molecule has 2 nitrogen and oxygen atoms in total. The summed E-state index contributed by atoms with van der Waals surface area (Å²) < 4.78 is 0. The van der Waals surface area contributed by atoms with Crippen molar-refractivity contribution >= 4 is 29.3 Å². The lowest BCUT2D eigenvalue weighted by Gasteiger charge is -1.89. The van der Waals surface area contributed by atoms with Crippen LogP contribution in [0.1, 0.15) is 17.4 Å². The molecule has 3 heteroatoms. The predicted molar refractivity (Wildman–Crippen MR) is 55.6 cm³/mol. The number of benzene rings is 1. The Morgan fingerprint density at radius 3 is 2.85 bits per heavy atom. The molecule has 0 unspecified atom stereocenters. The van der Waals surface area contributed by atoms with E-state index in [4.69, 9.17) is 0 Å². The Morgan fingerprint density at radius 2 is 2.15 bits per heavy atom. The van der Waals surface area contributed by atoms with Crippen LogP contribution in [-0.2, 0) is 0 Å². The minimum Gasteiger partial charge on any atom is -0.352 e. The van der Waals surface area contributed by atoms with E-state index in [0.717, 1.165) is 15.8 Å². The summed E-state index contributed by atoms with van der Waals surface area (Å²) in [5, 5.41) is 1.03. The number of nitrogens with one attached hydrogen (secondary N) is 1. The number of Topliss-reactive ketones (excluding diaryl/α,β-unsaturated/α-hetero) is 1. The minimum absolute atomic E-state index is 0.0527. The number of fused-ring (bicyclic) bond motifs is 1. The van der Waals surface area contributed by atoms with Gasteiger partial charge in [0, 0.05) is 22.7 Å². The van der Waals surface area contributed by atoms with Crippen molar-refractivity contribution in [2.75, 3.05) is 0 Å². The first-order valence-electron chi connectivity index (χ1n) is 3.99. The first-order valence-corrected chi connectivity index (χ1v) is 4.44. The molecule has 0 atom stereocenters. The molecule has 1 heterocycles. The topological polar surface area (TPSA) is 32.9 Å². The van der Waals surface area contributed by atoms with Gasteiger partial charge in [0.1, 0.15) is 0 Å². The quantitative estimate of drug-likeness (QED) is 0.527. The van der Waals surface area contributed by atoms with Crippen molar-refractivity contribution in [2.24, 2.45) is 0 Å². The van der Waals surface area contributed by atoms with E-state index < -0.39 is 0 Å². The molecular formula is C10H9NOS. The minimum atomic E-state index is 0.0527. The summed E-state index contributed by atoms with van der Waals surface area (Å²) in [5.74, 6) is 0.0527. The highest BCUT2D eigenvalue weighted by Crippen LogP contribution is 2.19. The number of H-pyrrole nitrogens is 1. The summed E-state index contributed by atoms with van der Waals surface area (Å²) in [6, 6.07) is 7.59. The van der Waals surface area contributed by atoms with Gasteiger partial charge >= 0.3 is 0 Å². The van der Waals surface area contributed by atoms with Crippen LogP contribution in [0.2, 0.25) is 0 Å². The summed E-state index contributed by atoms with van der Waals surface area (Å²) in [6.45, 7) is 1.55. The maximum Gasteiger partial charge on any atom is 0.175 e. The van der Waals surface area contributed by atoms with Gasteiger partial charge < -0.3 is 4.98 Å². The Kier molecular flexibility index (Phi) is 1.88. The first kappa shape index (κ1) is 8.38. The summed E-state index contributed by atoms with van der Waals surface area (Å²) in [5.41, 5.74) is 1.62. The van der Waals surface area contributed by atoms with Gasteiger partial charge in [-0.3, -0.25) is 4.79 Å². The molecule has 1 N–H and O–H groups in total. The second-order valence-corrected chi connectivity index (χ2v) is 3.53. The van der Waals surface area contributed by atoms with Crippen molar-refractivity contribution in [3.8, 4) is 0 Å². The van der Waals surface area contributed by atoms with Gasteiger partial charge in [0.2, 0.25) is 0 Å². The van der Waals surface area contributed by atoms with E-state index in [1.807, 2.05) is 24.3 Å². The maximum atomic E-state index is 11.0. The number of hydrogen-bond acceptors (Lipinski definition) is 2. The molecule has 13 heavy (non-hydrogen) atoms. The summed E-state index contributed by atoms with van der Waals surface area (Å²) in [6.07, 6.45) is 0. The molecule has 0 saturated carbocycles. The van der Waals surface area contributed by atoms with Crippen LogP contribution >= 0.6 is 12.6 Å². The molecule has 1 aromatic carbocycles. The number of hydrogen-bond donors (Lipinski definition) is 2. The van der Waals surface area contributed by atoms with Crippen LogP contribution in [0.4, 0.5) is 0 Å². The molecule has 0 fully saturated rings. The summed E-state index contributed by atoms with van der Waals surface area (Å²) in [4.78, 5) is 15.0. The molecule has 2 aromatic rings. The summed E-state index contributed by atoms with van der Waals surface area (Å²) >= 11 is 4.22. The second kappa shape index (κ2) is 2.92. The maximum absolute atomic E-state index is 11.0. The fourth-order valence-corrected chi connectivity index (χ4v) is 1.52. The van der Waals surface area contributed by atoms with Gasteiger partial charge in [-0.2, -0.15) is 0 Å². The van der Waals surface area contributed by atoms with Crippen LogP contribution in [-0.4, -0.2) is 10.8 Å². The van der Waals surface area contributed by atoms with Crippen molar-refractivity contribution in [3.63, 3.8) is 0 Å². The van der Waals surface area contributed by atoms with E-state index in [-0.39, 0.29) is 5.78 Å². The fourth-order valence-electron chi connectivity index (χ4n) is 1.31. The predicted octanol–water partition coefficient (Wildman–Crippen LogP) is 2.66. The highest BCUT2D eigenvalue weighted by atomic mass is 32.1. The van der Waals surface area contributed by atoms with Crippen LogP contribution in [0.3, 0.4) is 0 Å². The molecule has 0 aliphatic carbocycles. The van der Waals surface area contributed by atoms with Gasteiger partial charge in [0.15, 0.2) is 5.78 Å². The van der Waals surface area contributed by atoms with Crippen molar-refractivity contribution in [3.05, 3.63) is 30.0 Å². The molecule has 0 spiro atoms. The molecule has 0 saturated heterocycles. The van der Waals surface area contributed by atoms with Crippen molar-refractivity contribution in [1.82, 2.24) is 4.98 Å². The fraction of sp³-hybridized carbons (Fsp3) is 0.100. The zero-order valence-corrected chi connectivity index (χ0v) is 8.06. The van der Waals surface area contributed by atoms with Gasteiger partial charge in [0.05, 0.1) is 5.69 Å². The number of aromatic amines is 1. The van der Waals surface area contributed by atoms with E-state index in [9.17, 15) is 4.79 Å². The monoisotopic (exact) mass is 191 g/mol. The first-order chi connectivity index (χ1) is 6.16. The molecular weight excluding hydrogens is 182 g/mol. The molecule has 0 amide bonds. The normalized spacial score (nSPS) is 10.6. The Morgan fingerprint density at radius 1 is 1.38 bits per heavy atom. The second-order valence-electron chi connectivity index (χ2n) is 3.01. The molecule has 0 radical (unpaired) electrons. The number of carbonyl (C=O) groups is 1.